The number of hydrogen-bond acceptors (Lipinski definition) is 3. The van der Waals surface area contributed by atoms with Crippen molar-refractivity contribution in [2.75, 3.05) is 0 Å². The van der Waals surface area contributed by atoms with Crippen molar-refractivity contribution in [3.05, 3.63) is 58.5 Å². The van der Waals surface area contributed by atoms with Crippen LogP contribution in [0.2, 0.25) is 0 Å². The summed E-state index contributed by atoms with van der Waals surface area (Å²) in [7, 11) is -0.407. The maximum Gasteiger partial charge on any atom is 0.494 e. The van der Waals surface area contributed by atoms with E-state index in [2.05, 4.69) is 4.98 Å². The van der Waals surface area contributed by atoms with E-state index in [4.69, 9.17) is 9.31 Å². The Balaban J connectivity index is 1.72. The van der Waals surface area contributed by atoms with E-state index >= 15 is 0 Å². The number of rotatable bonds is 2. The highest BCUT2D eigenvalue weighted by Gasteiger charge is 2.51. The monoisotopic (exact) mass is 350 g/mol. The number of benzene rings is 2. The predicted molar refractivity (Wildman–Crippen MR) is 104 cm³/mol. The summed E-state index contributed by atoms with van der Waals surface area (Å²) < 4.78 is 13.9. The van der Waals surface area contributed by atoms with E-state index in [0.29, 0.717) is 0 Å². The Bertz CT molecular complexity index is 1020. The second-order valence-corrected chi connectivity index (χ2v) is 7.92. The molecule has 4 rings (SSSR count). The van der Waals surface area contributed by atoms with Gasteiger partial charge in [-0.2, -0.15) is 0 Å². The molecule has 1 aliphatic rings. The molecule has 26 heavy (non-hydrogen) atoms. The van der Waals surface area contributed by atoms with E-state index in [-0.39, 0.29) is 16.9 Å². The number of para-hydroxylation sites is 1. The highest BCUT2D eigenvalue weighted by atomic mass is 16.7. The third-order valence-corrected chi connectivity index (χ3v) is 5.58. The van der Waals surface area contributed by atoms with Gasteiger partial charge in [-0.1, -0.05) is 24.3 Å². The van der Waals surface area contributed by atoms with Crippen molar-refractivity contribution >= 4 is 23.6 Å². The van der Waals surface area contributed by atoms with E-state index in [1.165, 1.54) is 0 Å². The lowest BCUT2D eigenvalue weighted by Crippen LogP contribution is -2.41. The van der Waals surface area contributed by atoms with Crippen LogP contribution in [0.3, 0.4) is 0 Å². The molecule has 2 heterocycles. The van der Waals surface area contributed by atoms with Gasteiger partial charge < -0.3 is 14.3 Å². The Kier molecular flexibility index (Phi) is 3.69. The predicted octanol–water partition coefficient (Wildman–Crippen LogP) is 2.93. The molecule has 3 aromatic rings. The molecule has 0 spiro atoms. The lowest BCUT2D eigenvalue weighted by Gasteiger charge is -2.32. The maximum absolute atomic E-state index is 12.5. The molecule has 1 aromatic heterocycles. The first kappa shape index (κ1) is 17.1. The zero-order valence-corrected chi connectivity index (χ0v) is 15.8. The van der Waals surface area contributed by atoms with Gasteiger partial charge in [0.05, 0.1) is 27.9 Å². The van der Waals surface area contributed by atoms with Gasteiger partial charge in [0, 0.05) is 0 Å². The molecule has 0 bridgehead atoms. The standard InChI is InChI=1S/C20H23BN2O3/c1-13-7-6-8-16-17(13)23(18(24)22-16)15-11-9-14(10-12-15)21-25-19(2,3)20(4,5)26-21/h6-12H,1-5H3,(H,22,24). The van der Waals surface area contributed by atoms with Crippen molar-refractivity contribution in [3.8, 4) is 5.69 Å². The SMILES string of the molecule is Cc1cccc2[nH]c(=O)n(-c3ccc(B4OC(C)(C)C(C)(C)O4)cc3)c12. The largest absolute Gasteiger partial charge is 0.494 e. The summed E-state index contributed by atoms with van der Waals surface area (Å²) in [5.74, 6) is 0. The number of hydrogen-bond donors (Lipinski definition) is 1. The first-order valence-corrected chi connectivity index (χ1v) is 8.86. The van der Waals surface area contributed by atoms with Crippen molar-refractivity contribution in [2.24, 2.45) is 0 Å². The first-order chi connectivity index (χ1) is 12.2. The lowest BCUT2D eigenvalue weighted by atomic mass is 9.79. The van der Waals surface area contributed by atoms with Crippen LogP contribution in [0.15, 0.2) is 47.3 Å². The fraction of sp³-hybridized carbons (Fsp3) is 0.350. The summed E-state index contributed by atoms with van der Waals surface area (Å²) in [4.78, 5) is 15.4. The minimum Gasteiger partial charge on any atom is -0.399 e. The molecule has 0 radical (unpaired) electrons. The van der Waals surface area contributed by atoms with Crippen LogP contribution in [0.4, 0.5) is 0 Å². The van der Waals surface area contributed by atoms with Crippen molar-refractivity contribution in [3.63, 3.8) is 0 Å². The molecule has 1 fully saturated rings. The third kappa shape index (κ3) is 2.52. The summed E-state index contributed by atoms with van der Waals surface area (Å²) in [6.45, 7) is 10.2. The molecule has 0 saturated carbocycles. The van der Waals surface area contributed by atoms with Crippen molar-refractivity contribution in [1.29, 1.82) is 0 Å². The van der Waals surface area contributed by atoms with Gasteiger partial charge in [0.25, 0.3) is 0 Å². The van der Waals surface area contributed by atoms with Gasteiger partial charge in [-0.05, 0) is 63.8 Å². The fourth-order valence-corrected chi connectivity index (χ4v) is 3.34. The van der Waals surface area contributed by atoms with Gasteiger partial charge in [-0.15, -0.1) is 0 Å². The van der Waals surface area contributed by atoms with Crippen LogP contribution in [0.25, 0.3) is 16.7 Å². The van der Waals surface area contributed by atoms with E-state index in [9.17, 15) is 4.79 Å². The van der Waals surface area contributed by atoms with Crippen LogP contribution in [-0.2, 0) is 9.31 Å². The van der Waals surface area contributed by atoms with Crippen molar-refractivity contribution < 1.29 is 9.31 Å². The molecular weight excluding hydrogens is 327 g/mol. The number of aromatic amines is 1. The van der Waals surface area contributed by atoms with Crippen LogP contribution >= 0.6 is 0 Å². The molecule has 5 nitrogen and oxygen atoms in total. The zero-order valence-electron chi connectivity index (χ0n) is 15.8. The van der Waals surface area contributed by atoms with Gasteiger partial charge >= 0.3 is 12.8 Å². The third-order valence-electron chi connectivity index (χ3n) is 5.58. The highest BCUT2D eigenvalue weighted by molar-refractivity contribution is 6.62. The van der Waals surface area contributed by atoms with Crippen molar-refractivity contribution in [1.82, 2.24) is 9.55 Å². The Hall–Kier alpha value is -2.31. The Morgan fingerprint density at radius 1 is 0.962 bits per heavy atom. The molecule has 0 aliphatic carbocycles. The fourth-order valence-electron chi connectivity index (χ4n) is 3.34. The molecule has 0 atom stereocenters. The molecule has 6 heteroatoms. The summed E-state index contributed by atoms with van der Waals surface area (Å²) in [5, 5.41) is 0. The molecule has 1 saturated heterocycles. The minimum absolute atomic E-state index is 0.141. The zero-order chi connectivity index (χ0) is 18.7. The number of aromatic nitrogens is 2. The number of imidazole rings is 1. The number of H-pyrrole nitrogens is 1. The maximum atomic E-state index is 12.5. The quantitative estimate of drug-likeness (QED) is 0.723. The molecule has 1 aliphatic heterocycles. The summed E-state index contributed by atoms with van der Waals surface area (Å²) >= 11 is 0. The van der Waals surface area contributed by atoms with Crippen LogP contribution in [0.1, 0.15) is 33.3 Å². The molecule has 2 aromatic carbocycles. The number of nitrogens with zero attached hydrogens (tertiary/aromatic N) is 1. The second kappa shape index (κ2) is 5.59. The lowest BCUT2D eigenvalue weighted by molar-refractivity contribution is 0.00578. The van der Waals surface area contributed by atoms with Crippen molar-refractivity contribution in [2.45, 2.75) is 45.8 Å². The van der Waals surface area contributed by atoms with Crippen LogP contribution < -0.4 is 11.2 Å². The topological polar surface area (TPSA) is 56.2 Å². The molecule has 134 valence electrons. The minimum atomic E-state index is -0.407. The van der Waals surface area contributed by atoms with Crippen LogP contribution in [-0.4, -0.2) is 27.9 Å². The molecule has 0 amide bonds. The molecule has 1 N–H and O–H groups in total. The van der Waals surface area contributed by atoms with Gasteiger partial charge in [0.1, 0.15) is 0 Å². The Morgan fingerprint density at radius 3 is 2.19 bits per heavy atom. The molecule has 0 unspecified atom stereocenters. The summed E-state index contributed by atoms with van der Waals surface area (Å²) in [6, 6.07) is 13.6. The summed E-state index contributed by atoms with van der Waals surface area (Å²) in [5.41, 5.74) is 3.66. The average Bonchev–Trinajstić information content (AvgIpc) is 3.01. The average molecular weight is 350 g/mol. The number of nitrogens with one attached hydrogen (secondary N) is 1. The Morgan fingerprint density at radius 2 is 1.58 bits per heavy atom. The highest BCUT2D eigenvalue weighted by Crippen LogP contribution is 2.36. The Labute approximate surface area is 153 Å². The second-order valence-electron chi connectivity index (χ2n) is 7.92. The number of aryl methyl sites for hydroxylation is 1. The first-order valence-electron chi connectivity index (χ1n) is 8.86. The van der Waals surface area contributed by atoms with Gasteiger partial charge in [0.15, 0.2) is 0 Å². The van der Waals surface area contributed by atoms with Crippen LogP contribution in [0.5, 0.6) is 0 Å². The van der Waals surface area contributed by atoms with Gasteiger partial charge in [-0.25, -0.2) is 4.79 Å². The van der Waals surface area contributed by atoms with E-state index in [0.717, 1.165) is 27.7 Å². The van der Waals surface area contributed by atoms with Gasteiger partial charge in [0.2, 0.25) is 0 Å². The van der Waals surface area contributed by atoms with Gasteiger partial charge in [-0.3, -0.25) is 4.57 Å². The van der Waals surface area contributed by atoms with E-state index in [1.54, 1.807) is 4.57 Å². The van der Waals surface area contributed by atoms with E-state index < -0.39 is 7.12 Å². The van der Waals surface area contributed by atoms with E-state index in [1.807, 2.05) is 77.1 Å². The molecular formula is C20H23BN2O3. The smallest absolute Gasteiger partial charge is 0.399 e. The summed E-state index contributed by atoms with van der Waals surface area (Å²) in [6.07, 6.45) is 0. The van der Waals surface area contributed by atoms with Crippen LogP contribution in [0, 0.1) is 6.92 Å². The normalized spacial score (nSPS) is 18.6. The number of fused-ring (bicyclic) bond motifs is 1.